The van der Waals surface area contributed by atoms with Gasteiger partial charge in [-0.25, -0.2) is 0 Å². The van der Waals surface area contributed by atoms with Crippen molar-refractivity contribution in [1.29, 1.82) is 0 Å². The van der Waals surface area contributed by atoms with Gasteiger partial charge in [0.05, 0.1) is 6.42 Å². The van der Waals surface area contributed by atoms with E-state index in [2.05, 4.69) is 4.98 Å². The first-order valence-electron chi connectivity index (χ1n) is 5.12. The van der Waals surface area contributed by atoms with Gasteiger partial charge in [0.25, 0.3) is 0 Å². The normalized spacial score (nSPS) is 18.9. The lowest BCUT2D eigenvalue weighted by molar-refractivity contribution is -0.138. The summed E-state index contributed by atoms with van der Waals surface area (Å²) < 4.78 is 0. The van der Waals surface area contributed by atoms with Crippen LogP contribution in [0, 0.1) is 5.92 Å². The second-order valence-corrected chi connectivity index (χ2v) is 4.04. The second kappa shape index (κ2) is 3.86. The van der Waals surface area contributed by atoms with E-state index in [1.54, 1.807) is 0 Å². The molecule has 3 heteroatoms. The van der Waals surface area contributed by atoms with E-state index in [1.165, 1.54) is 19.3 Å². The van der Waals surface area contributed by atoms with Crippen molar-refractivity contribution < 1.29 is 9.90 Å². The zero-order valence-corrected chi connectivity index (χ0v) is 8.07. The molecule has 1 atom stereocenters. The predicted octanol–water partition coefficient (Wildman–Crippen LogP) is 2.37. The minimum atomic E-state index is -0.692. The molecular weight excluding hydrogens is 178 g/mol. The molecule has 1 unspecified atom stereocenters. The summed E-state index contributed by atoms with van der Waals surface area (Å²) in [5, 5.41) is 8.84. The van der Waals surface area contributed by atoms with E-state index in [1.807, 2.05) is 18.5 Å². The Morgan fingerprint density at radius 3 is 2.86 bits per heavy atom. The molecule has 76 valence electrons. The fraction of sp³-hybridized carbons (Fsp3) is 0.545. The van der Waals surface area contributed by atoms with Crippen LogP contribution in [0.4, 0.5) is 0 Å². The van der Waals surface area contributed by atoms with Crippen LogP contribution < -0.4 is 0 Å². The lowest BCUT2D eigenvalue weighted by Crippen LogP contribution is -2.22. The third-order valence-corrected chi connectivity index (χ3v) is 3.16. The van der Waals surface area contributed by atoms with Crippen molar-refractivity contribution in [1.82, 2.24) is 4.98 Å². The summed E-state index contributed by atoms with van der Waals surface area (Å²) in [6.45, 7) is 0. The van der Waals surface area contributed by atoms with Gasteiger partial charge in [0, 0.05) is 12.4 Å². The van der Waals surface area contributed by atoms with Crippen molar-refractivity contribution in [2.75, 3.05) is 0 Å². The fourth-order valence-corrected chi connectivity index (χ4v) is 2.15. The van der Waals surface area contributed by atoms with E-state index in [9.17, 15) is 4.79 Å². The van der Waals surface area contributed by atoms with Crippen LogP contribution in [0.15, 0.2) is 18.5 Å². The quantitative estimate of drug-likeness (QED) is 0.771. The Labute approximate surface area is 83.1 Å². The lowest BCUT2D eigenvalue weighted by Gasteiger charge is -2.32. The van der Waals surface area contributed by atoms with Crippen LogP contribution in [0.3, 0.4) is 0 Å². The summed E-state index contributed by atoms with van der Waals surface area (Å²) in [6.07, 6.45) is 7.68. The number of aromatic nitrogens is 1. The molecule has 2 rings (SSSR count). The zero-order chi connectivity index (χ0) is 9.97. The molecule has 0 amide bonds. The largest absolute Gasteiger partial charge is 0.481 e. The third-order valence-electron chi connectivity index (χ3n) is 3.16. The molecule has 1 fully saturated rings. The van der Waals surface area contributed by atoms with Gasteiger partial charge in [-0.3, -0.25) is 4.79 Å². The Bertz CT molecular complexity index is 301. The van der Waals surface area contributed by atoms with Crippen LogP contribution in [-0.2, 0) is 4.79 Å². The van der Waals surface area contributed by atoms with Crippen LogP contribution in [0.25, 0.3) is 0 Å². The highest BCUT2D eigenvalue weighted by Crippen LogP contribution is 2.41. The molecule has 0 bridgehead atoms. The van der Waals surface area contributed by atoms with Gasteiger partial charge in [0.15, 0.2) is 0 Å². The molecule has 0 aromatic carbocycles. The van der Waals surface area contributed by atoms with Gasteiger partial charge in [-0.05, 0) is 36.3 Å². The average Bonchev–Trinajstić information content (AvgIpc) is 2.49. The van der Waals surface area contributed by atoms with Crippen LogP contribution in [0.2, 0.25) is 0 Å². The first kappa shape index (κ1) is 9.31. The first-order valence-corrected chi connectivity index (χ1v) is 5.12. The Balaban J connectivity index is 2.09. The van der Waals surface area contributed by atoms with Crippen molar-refractivity contribution in [2.45, 2.75) is 31.6 Å². The Kier molecular flexibility index (Phi) is 2.57. The van der Waals surface area contributed by atoms with Crippen molar-refractivity contribution in [3.05, 3.63) is 24.0 Å². The Morgan fingerprint density at radius 1 is 1.64 bits per heavy atom. The van der Waals surface area contributed by atoms with Crippen molar-refractivity contribution in [3.8, 4) is 0 Å². The summed E-state index contributed by atoms with van der Waals surface area (Å²) in [5.74, 6) is 0.109. The number of carbonyl (C=O) groups is 1. The van der Waals surface area contributed by atoms with E-state index >= 15 is 0 Å². The SMILES string of the molecule is O=C(O)CC(c1cc[nH]c1)C1CCC1. The molecule has 1 heterocycles. The molecule has 2 N–H and O–H groups in total. The average molecular weight is 193 g/mol. The predicted molar refractivity (Wildman–Crippen MR) is 53.1 cm³/mol. The van der Waals surface area contributed by atoms with E-state index < -0.39 is 5.97 Å². The number of hydrogen-bond acceptors (Lipinski definition) is 1. The van der Waals surface area contributed by atoms with Crippen molar-refractivity contribution in [3.63, 3.8) is 0 Å². The smallest absolute Gasteiger partial charge is 0.303 e. The number of nitrogens with one attached hydrogen (secondary N) is 1. The monoisotopic (exact) mass is 193 g/mol. The summed E-state index contributed by atoms with van der Waals surface area (Å²) in [6, 6.07) is 1.99. The van der Waals surface area contributed by atoms with E-state index in [0.29, 0.717) is 5.92 Å². The topological polar surface area (TPSA) is 53.1 Å². The fourth-order valence-electron chi connectivity index (χ4n) is 2.15. The molecule has 1 aliphatic carbocycles. The van der Waals surface area contributed by atoms with Gasteiger partial charge < -0.3 is 10.1 Å². The van der Waals surface area contributed by atoms with E-state index in [-0.39, 0.29) is 12.3 Å². The maximum absolute atomic E-state index is 10.7. The number of carboxylic acid groups (broad SMARTS) is 1. The highest BCUT2D eigenvalue weighted by molar-refractivity contribution is 5.68. The molecule has 0 spiro atoms. The first-order chi connectivity index (χ1) is 6.77. The summed E-state index contributed by atoms with van der Waals surface area (Å²) in [7, 11) is 0. The lowest BCUT2D eigenvalue weighted by atomic mass is 9.72. The molecule has 0 saturated heterocycles. The third kappa shape index (κ3) is 1.81. The van der Waals surface area contributed by atoms with Crippen LogP contribution in [0.5, 0.6) is 0 Å². The van der Waals surface area contributed by atoms with E-state index in [0.717, 1.165) is 5.56 Å². The van der Waals surface area contributed by atoms with Gasteiger partial charge in [0.1, 0.15) is 0 Å². The highest BCUT2D eigenvalue weighted by atomic mass is 16.4. The summed E-state index contributed by atoms with van der Waals surface area (Å²) in [5.41, 5.74) is 1.15. The molecule has 1 aliphatic rings. The molecule has 3 nitrogen and oxygen atoms in total. The Hall–Kier alpha value is -1.25. The van der Waals surface area contributed by atoms with Gasteiger partial charge >= 0.3 is 5.97 Å². The van der Waals surface area contributed by atoms with Crippen molar-refractivity contribution >= 4 is 5.97 Å². The molecule has 1 aromatic rings. The minimum absolute atomic E-state index is 0.215. The maximum Gasteiger partial charge on any atom is 0.303 e. The van der Waals surface area contributed by atoms with Crippen LogP contribution in [-0.4, -0.2) is 16.1 Å². The number of rotatable bonds is 4. The molecule has 14 heavy (non-hydrogen) atoms. The van der Waals surface area contributed by atoms with Gasteiger partial charge in [-0.15, -0.1) is 0 Å². The minimum Gasteiger partial charge on any atom is -0.481 e. The van der Waals surface area contributed by atoms with Gasteiger partial charge in [-0.1, -0.05) is 6.42 Å². The molecule has 0 aliphatic heterocycles. The zero-order valence-electron chi connectivity index (χ0n) is 8.07. The number of aliphatic carboxylic acids is 1. The van der Waals surface area contributed by atoms with Crippen LogP contribution in [0.1, 0.15) is 37.2 Å². The van der Waals surface area contributed by atoms with E-state index in [4.69, 9.17) is 5.11 Å². The second-order valence-electron chi connectivity index (χ2n) is 4.04. The maximum atomic E-state index is 10.7. The van der Waals surface area contributed by atoms with Gasteiger partial charge in [-0.2, -0.15) is 0 Å². The van der Waals surface area contributed by atoms with Crippen LogP contribution >= 0.6 is 0 Å². The number of H-pyrrole nitrogens is 1. The number of carboxylic acids is 1. The Morgan fingerprint density at radius 2 is 2.43 bits per heavy atom. The van der Waals surface area contributed by atoms with Gasteiger partial charge in [0.2, 0.25) is 0 Å². The number of aromatic amines is 1. The van der Waals surface area contributed by atoms with Crippen molar-refractivity contribution in [2.24, 2.45) is 5.92 Å². The molecule has 0 radical (unpaired) electrons. The molecular formula is C11H15NO2. The standard InChI is InChI=1S/C11H15NO2/c13-11(14)6-10(8-2-1-3-8)9-4-5-12-7-9/h4-5,7-8,10,12H,1-3,6H2,(H,13,14). The summed E-state index contributed by atoms with van der Waals surface area (Å²) >= 11 is 0. The summed E-state index contributed by atoms with van der Waals surface area (Å²) in [4.78, 5) is 13.7. The number of hydrogen-bond donors (Lipinski definition) is 2. The molecule has 1 aromatic heterocycles. The molecule has 1 saturated carbocycles. The highest BCUT2D eigenvalue weighted by Gasteiger charge is 2.30.